The first kappa shape index (κ1) is 25.5. The van der Waals surface area contributed by atoms with Gasteiger partial charge in [-0.25, -0.2) is 9.78 Å². The fraction of sp³-hybridized carbons (Fsp3) is 0.391. The molecule has 0 bridgehead atoms. The smallest absolute Gasteiger partial charge is 0.406 e. The first-order valence-corrected chi connectivity index (χ1v) is 11.6. The molecule has 0 saturated carbocycles. The van der Waals surface area contributed by atoms with E-state index in [4.69, 9.17) is 11.6 Å². The normalized spacial score (nSPS) is 14.8. The zero-order chi connectivity index (χ0) is 26.2. The van der Waals surface area contributed by atoms with E-state index in [1.165, 1.54) is 39.4 Å². The second-order valence-electron chi connectivity index (χ2n) is 8.32. The van der Waals surface area contributed by atoms with Crippen molar-refractivity contribution < 1.29 is 22.7 Å². The lowest BCUT2D eigenvalue weighted by molar-refractivity contribution is -0.274. The molecule has 3 heterocycles. The van der Waals surface area contributed by atoms with Gasteiger partial charge in [0.1, 0.15) is 5.75 Å². The van der Waals surface area contributed by atoms with E-state index in [2.05, 4.69) is 9.72 Å². The maximum Gasteiger partial charge on any atom is 0.573 e. The van der Waals surface area contributed by atoms with Crippen LogP contribution in [0.2, 0.25) is 5.02 Å². The number of hydrogen-bond donors (Lipinski definition) is 0. The first-order chi connectivity index (χ1) is 17.0. The largest absolute Gasteiger partial charge is 0.573 e. The lowest BCUT2D eigenvalue weighted by Gasteiger charge is -2.36. The molecule has 36 heavy (non-hydrogen) atoms. The zero-order valence-electron chi connectivity index (χ0n) is 19.5. The minimum Gasteiger partial charge on any atom is -0.406 e. The summed E-state index contributed by atoms with van der Waals surface area (Å²) in [4.78, 5) is 45.9. The van der Waals surface area contributed by atoms with E-state index in [-0.39, 0.29) is 17.8 Å². The van der Waals surface area contributed by atoms with Crippen molar-refractivity contribution >= 4 is 34.5 Å². The average molecular weight is 526 g/mol. The Hall–Kier alpha value is -3.54. The van der Waals surface area contributed by atoms with Gasteiger partial charge in [0.25, 0.3) is 0 Å². The Bertz CT molecular complexity index is 1400. The zero-order valence-corrected chi connectivity index (χ0v) is 20.2. The molecule has 0 radical (unpaired) electrons. The van der Waals surface area contributed by atoms with E-state index in [9.17, 15) is 27.6 Å². The number of anilines is 1. The van der Waals surface area contributed by atoms with Crippen LogP contribution in [0.5, 0.6) is 5.75 Å². The second kappa shape index (κ2) is 9.84. The van der Waals surface area contributed by atoms with Gasteiger partial charge in [0, 0.05) is 44.6 Å². The summed E-state index contributed by atoms with van der Waals surface area (Å²) in [6.07, 6.45) is -2.57. The van der Waals surface area contributed by atoms with Gasteiger partial charge in [0.15, 0.2) is 5.65 Å². The van der Waals surface area contributed by atoms with Crippen LogP contribution in [0.15, 0.2) is 46.1 Å². The summed E-state index contributed by atoms with van der Waals surface area (Å²) in [5.41, 5.74) is -0.191. The summed E-state index contributed by atoms with van der Waals surface area (Å²) in [5, 5.41) is 0.334. The second-order valence-corrected chi connectivity index (χ2v) is 8.76. The number of rotatable bonds is 4. The summed E-state index contributed by atoms with van der Waals surface area (Å²) >= 11 is 6.03. The van der Waals surface area contributed by atoms with Crippen molar-refractivity contribution in [3.8, 4) is 5.75 Å². The van der Waals surface area contributed by atoms with E-state index in [1.807, 2.05) is 0 Å². The standard InChI is InChI=1S/C23H23ClF3N5O4/c1-3-31(15-4-6-17(7-5-15)36-23(25,26)27)22(35)30-10-8-16(9-11-30)32-19-18(12-14(24)13-28-19)29(2)20(33)21(32)34/h4-7,12-13,16H,3,8-11H2,1-2H3. The number of piperidine rings is 1. The van der Waals surface area contributed by atoms with Gasteiger partial charge < -0.3 is 14.2 Å². The lowest BCUT2D eigenvalue weighted by Crippen LogP contribution is -2.49. The van der Waals surface area contributed by atoms with E-state index >= 15 is 0 Å². The van der Waals surface area contributed by atoms with Gasteiger partial charge in [-0.3, -0.25) is 19.1 Å². The average Bonchev–Trinajstić information content (AvgIpc) is 2.84. The molecule has 1 aromatic carbocycles. The monoisotopic (exact) mass is 525 g/mol. The van der Waals surface area contributed by atoms with Crippen LogP contribution in [0.25, 0.3) is 11.2 Å². The minimum absolute atomic E-state index is 0.293. The number of ether oxygens (including phenoxy) is 1. The van der Waals surface area contributed by atoms with Crippen LogP contribution in [0, 0.1) is 0 Å². The Morgan fingerprint density at radius 3 is 2.39 bits per heavy atom. The quantitative estimate of drug-likeness (QED) is 0.482. The Labute approximate surface area is 208 Å². The summed E-state index contributed by atoms with van der Waals surface area (Å²) in [6, 6.07) is 5.99. The topological polar surface area (TPSA) is 89.7 Å². The molecule has 0 spiro atoms. The van der Waals surface area contributed by atoms with Gasteiger partial charge in [-0.1, -0.05) is 11.6 Å². The molecule has 1 saturated heterocycles. The van der Waals surface area contributed by atoms with Gasteiger partial charge in [-0.2, -0.15) is 0 Å². The number of hydrogen-bond acceptors (Lipinski definition) is 5. The van der Waals surface area contributed by atoms with Crippen molar-refractivity contribution in [2.75, 3.05) is 24.5 Å². The number of aromatic nitrogens is 3. The summed E-state index contributed by atoms with van der Waals surface area (Å²) in [5.74, 6) is -0.378. The Kier molecular flexibility index (Phi) is 6.98. The van der Waals surface area contributed by atoms with E-state index in [0.717, 1.165) is 12.1 Å². The fourth-order valence-corrected chi connectivity index (χ4v) is 4.54. The van der Waals surface area contributed by atoms with Gasteiger partial charge in [-0.15, -0.1) is 13.2 Å². The predicted octanol–water partition coefficient (Wildman–Crippen LogP) is 3.93. The number of alkyl halides is 3. The molecule has 13 heteroatoms. The minimum atomic E-state index is -4.80. The number of fused-ring (bicyclic) bond motifs is 1. The number of halogens is 4. The Morgan fingerprint density at radius 2 is 1.81 bits per heavy atom. The van der Waals surface area contributed by atoms with Crippen LogP contribution in [0.4, 0.5) is 23.7 Å². The molecule has 3 aromatic rings. The SMILES string of the molecule is CCN(C(=O)N1CCC(n2c(=O)c(=O)n(C)c3cc(Cl)cnc32)CC1)c1ccc(OC(F)(F)F)cc1. The number of likely N-dealkylation sites (tertiary alicyclic amines) is 1. The Morgan fingerprint density at radius 1 is 1.17 bits per heavy atom. The van der Waals surface area contributed by atoms with Crippen LogP contribution in [0.1, 0.15) is 25.8 Å². The van der Waals surface area contributed by atoms with Crippen LogP contribution in [-0.2, 0) is 7.05 Å². The summed E-state index contributed by atoms with van der Waals surface area (Å²) in [6.45, 7) is 2.67. The van der Waals surface area contributed by atoms with E-state index < -0.39 is 17.5 Å². The highest BCUT2D eigenvalue weighted by Gasteiger charge is 2.32. The van der Waals surface area contributed by atoms with Crippen molar-refractivity contribution in [1.82, 2.24) is 19.0 Å². The number of benzene rings is 1. The highest BCUT2D eigenvalue weighted by Crippen LogP contribution is 2.28. The molecule has 0 aliphatic carbocycles. The van der Waals surface area contributed by atoms with Crippen molar-refractivity contribution in [3.63, 3.8) is 0 Å². The molecular weight excluding hydrogens is 503 g/mol. The molecule has 2 aromatic heterocycles. The maximum absolute atomic E-state index is 13.2. The first-order valence-electron chi connectivity index (χ1n) is 11.2. The molecule has 9 nitrogen and oxygen atoms in total. The third-order valence-electron chi connectivity index (χ3n) is 6.14. The third-order valence-corrected chi connectivity index (χ3v) is 6.35. The molecule has 0 N–H and O–H groups in total. The van der Waals surface area contributed by atoms with Crippen molar-refractivity contribution in [2.45, 2.75) is 32.2 Å². The van der Waals surface area contributed by atoms with Gasteiger partial charge in [0.05, 0.1) is 10.5 Å². The van der Waals surface area contributed by atoms with Gasteiger partial charge in [0.2, 0.25) is 0 Å². The molecule has 192 valence electrons. The summed E-state index contributed by atoms with van der Waals surface area (Å²) < 4.78 is 43.7. The molecule has 0 atom stereocenters. The number of pyridine rings is 1. The Balaban J connectivity index is 1.52. The highest BCUT2D eigenvalue weighted by molar-refractivity contribution is 6.31. The van der Waals surface area contributed by atoms with Gasteiger partial charge in [-0.05, 0) is 50.1 Å². The molecule has 4 rings (SSSR count). The van der Waals surface area contributed by atoms with Crippen LogP contribution in [-0.4, -0.2) is 51.0 Å². The van der Waals surface area contributed by atoms with E-state index in [1.54, 1.807) is 17.9 Å². The maximum atomic E-state index is 13.2. The highest BCUT2D eigenvalue weighted by atomic mass is 35.5. The number of amides is 2. The van der Waals surface area contributed by atoms with Crippen LogP contribution >= 0.6 is 11.6 Å². The number of carbonyl (C=O) groups excluding carboxylic acids is 1. The lowest BCUT2D eigenvalue weighted by atomic mass is 10.0. The number of nitrogens with zero attached hydrogens (tertiary/aromatic N) is 5. The molecular formula is C23H23ClF3N5O4. The third kappa shape index (κ3) is 5.03. The number of carbonyl (C=O) groups is 1. The van der Waals surface area contributed by atoms with Crippen molar-refractivity contribution in [3.05, 3.63) is 62.3 Å². The van der Waals surface area contributed by atoms with Gasteiger partial charge >= 0.3 is 23.5 Å². The van der Waals surface area contributed by atoms with Crippen molar-refractivity contribution in [2.24, 2.45) is 7.05 Å². The summed E-state index contributed by atoms with van der Waals surface area (Å²) in [7, 11) is 1.48. The van der Waals surface area contributed by atoms with Crippen molar-refractivity contribution in [1.29, 1.82) is 0 Å². The predicted molar refractivity (Wildman–Crippen MR) is 128 cm³/mol. The fourth-order valence-electron chi connectivity index (χ4n) is 4.39. The number of urea groups is 1. The van der Waals surface area contributed by atoms with Crippen LogP contribution in [0.3, 0.4) is 0 Å². The van der Waals surface area contributed by atoms with E-state index in [0.29, 0.717) is 54.3 Å². The molecule has 2 amide bonds. The molecule has 0 unspecified atom stereocenters. The van der Waals surface area contributed by atoms with Crippen LogP contribution < -0.4 is 20.8 Å². The number of aryl methyl sites for hydroxylation is 1. The molecule has 1 aliphatic heterocycles. The molecule has 1 fully saturated rings. The molecule has 1 aliphatic rings.